The first kappa shape index (κ1) is 16.6. The normalized spacial score (nSPS) is 11.4. The van der Waals surface area contributed by atoms with Crippen LogP contribution in [0.4, 0.5) is 0 Å². The molecule has 7 heteroatoms. The van der Waals surface area contributed by atoms with Gasteiger partial charge in [0.1, 0.15) is 10.8 Å². The molecule has 1 aromatic heterocycles. The minimum absolute atomic E-state index is 0.208. The monoisotopic (exact) mass is 360 g/mol. The van der Waals surface area contributed by atoms with E-state index in [0.29, 0.717) is 5.75 Å². The van der Waals surface area contributed by atoms with Gasteiger partial charge in [-0.3, -0.25) is 0 Å². The first-order valence-corrected chi connectivity index (χ1v) is 9.57. The SMILES string of the molecule is COc1ccc(S(=O)(=O)NCc2cccc(-c3nccs3)c2)cc1. The summed E-state index contributed by atoms with van der Waals surface area (Å²) in [6.45, 7) is 0.216. The molecule has 1 N–H and O–H groups in total. The predicted molar refractivity (Wildman–Crippen MR) is 94.6 cm³/mol. The molecular formula is C17H16N2O3S2. The number of benzene rings is 2. The molecule has 0 radical (unpaired) electrons. The van der Waals surface area contributed by atoms with Gasteiger partial charge in [0.15, 0.2) is 0 Å². The van der Waals surface area contributed by atoms with Crippen molar-refractivity contribution in [3.05, 3.63) is 65.7 Å². The first-order chi connectivity index (χ1) is 11.6. The molecule has 3 aromatic rings. The van der Waals surface area contributed by atoms with Gasteiger partial charge >= 0.3 is 0 Å². The lowest BCUT2D eigenvalue weighted by molar-refractivity contribution is 0.414. The van der Waals surface area contributed by atoms with Crippen LogP contribution in [0.2, 0.25) is 0 Å². The van der Waals surface area contributed by atoms with Gasteiger partial charge in [-0.15, -0.1) is 11.3 Å². The van der Waals surface area contributed by atoms with Crippen LogP contribution in [0.1, 0.15) is 5.56 Å². The van der Waals surface area contributed by atoms with Crippen molar-refractivity contribution < 1.29 is 13.2 Å². The van der Waals surface area contributed by atoms with Gasteiger partial charge in [0.2, 0.25) is 10.0 Å². The van der Waals surface area contributed by atoms with E-state index in [-0.39, 0.29) is 11.4 Å². The summed E-state index contributed by atoms with van der Waals surface area (Å²) < 4.78 is 32.4. The zero-order chi connectivity index (χ0) is 17.0. The van der Waals surface area contributed by atoms with E-state index in [1.807, 2.05) is 29.6 Å². The van der Waals surface area contributed by atoms with Gasteiger partial charge in [-0.1, -0.05) is 18.2 Å². The zero-order valence-electron chi connectivity index (χ0n) is 13.0. The number of hydrogen-bond acceptors (Lipinski definition) is 5. The van der Waals surface area contributed by atoms with Crippen molar-refractivity contribution in [3.63, 3.8) is 0 Å². The molecule has 0 amide bonds. The maximum Gasteiger partial charge on any atom is 0.240 e. The third-order valence-corrected chi connectivity index (χ3v) is 5.68. The lowest BCUT2D eigenvalue weighted by Crippen LogP contribution is -2.23. The Balaban J connectivity index is 1.73. The van der Waals surface area contributed by atoms with Crippen LogP contribution in [0.3, 0.4) is 0 Å². The van der Waals surface area contributed by atoms with Crippen molar-refractivity contribution in [2.75, 3.05) is 7.11 Å². The van der Waals surface area contributed by atoms with Gasteiger partial charge in [0, 0.05) is 23.7 Å². The number of nitrogens with zero attached hydrogens (tertiary/aromatic N) is 1. The summed E-state index contributed by atoms with van der Waals surface area (Å²) in [5.41, 5.74) is 1.85. The number of hydrogen-bond donors (Lipinski definition) is 1. The highest BCUT2D eigenvalue weighted by Crippen LogP contribution is 2.22. The third kappa shape index (κ3) is 3.81. The maximum absolute atomic E-state index is 12.4. The topological polar surface area (TPSA) is 68.3 Å². The molecule has 0 aliphatic carbocycles. The summed E-state index contributed by atoms with van der Waals surface area (Å²) in [6.07, 6.45) is 1.75. The van der Waals surface area contributed by atoms with Gasteiger partial charge in [-0.05, 0) is 35.9 Å². The molecule has 0 saturated heterocycles. The quantitative estimate of drug-likeness (QED) is 0.732. The largest absolute Gasteiger partial charge is 0.497 e. The van der Waals surface area contributed by atoms with Gasteiger partial charge in [0.05, 0.1) is 12.0 Å². The summed E-state index contributed by atoms with van der Waals surface area (Å²) in [7, 11) is -2.03. The average molecular weight is 360 g/mol. The van der Waals surface area contributed by atoms with Crippen LogP contribution in [-0.2, 0) is 16.6 Å². The number of aromatic nitrogens is 1. The molecule has 0 bridgehead atoms. The summed E-state index contributed by atoms with van der Waals surface area (Å²) in [4.78, 5) is 4.48. The number of ether oxygens (including phenoxy) is 1. The van der Waals surface area contributed by atoms with Gasteiger partial charge in [-0.25, -0.2) is 18.1 Å². The standard InChI is InChI=1S/C17H16N2O3S2/c1-22-15-5-7-16(8-6-15)24(20,21)19-12-13-3-2-4-14(11-13)17-18-9-10-23-17/h2-11,19H,12H2,1H3. The van der Waals surface area contributed by atoms with E-state index in [4.69, 9.17) is 4.74 Å². The number of rotatable bonds is 6. The van der Waals surface area contributed by atoms with Crippen molar-refractivity contribution in [2.24, 2.45) is 0 Å². The van der Waals surface area contributed by atoms with Gasteiger partial charge in [-0.2, -0.15) is 0 Å². The Kier molecular flexibility index (Phi) is 4.94. The lowest BCUT2D eigenvalue weighted by atomic mass is 10.1. The second-order valence-electron chi connectivity index (χ2n) is 5.04. The van der Waals surface area contributed by atoms with Crippen molar-refractivity contribution >= 4 is 21.4 Å². The highest BCUT2D eigenvalue weighted by atomic mass is 32.2. The third-order valence-electron chi connectivity index (χ3n) is 3.44. The molecular weight excluding hydrogens is 344 g/mol. The molecule has 0 saturated carbocycles. The number of thiazole rings is 1. The van der Waals surface area contributed by atoms with Gasteiger partial charge < -0.3 is 4.74 Å². The first-order valence-electron chi connectivity index (χ1n) is 7.21. The van der Waals surface area contributed by atoms with E-state index in [1.54, 1.807) is 29.7 Å². The van der Waals surface area contributed by atoms with Crippen LogP contribution in [0.5, 0.6) is 5.75 Å². The molecule has 124 valence electrons. The van der Waals surface area contributed by atoms with E-state index in [0.717, 1.165) is 16.1 Å². The van der Waals surface area contributed by atoms with Crippen LogP contribution in [0.15, 0.2) is 65.0 Å². The smallest absolute Gasteiger partial charge is 0.240 e. The van der Waals surface area contributed by atoms with E-state index in [2.05, 4.69) is 9.71 Å². The van der Waals surface area contributed by atoms with E-state index < -0.39 is 10.0 Å². The molecule has 24 heavy (non-hydrogen) atoms. The fourth-order valence-electron chi connectivity index (χ4n) is 2.20. The Hall–Kier alpha value is -2.22. The van der Waals surface area contributed by atoms with Crippen molar-refractivity contribution in [1.29, 1.82) is 0 Å². The Labute approximate surface area is 145 Å². The Morgan fingerprint density at radius 1 is 1.17 bits per heavy atom. The summed E-state index contributed by atoms with van der Waals surface area (Å²) >= 11 is 1.55. The molecule has 5 nitrogen and oxygen atoms in total. The maximum atomic E-state index is 12.4. The second kappa shape index (κ2) is 7.12. The second-order valence-corrected chi connectivity index (χ2v) is 7.70. The summed E-state index contributed by atoms with van der Waals surface area (Å²) in [5, 5.41) is 2.82. The van der Waals surface area contributed by atoms with Gasteiger partial charge in [0.25, 0.3) is 0 Å². The highest BCUT2D eigenvalue weighted by Gasteiger charge is 2.14. The predicted octanol–water partition coefficient (Wildman–Crippen LogP) is 3.30. The molecule has 3 rings (SSSR count). The van der Waals surface area contributed by atoms with Crippen LogP contribution in [0, 0.1) is 0 Å². The fourth-order valence-corrected chi connectivity index (χ4v) is 3.85. The lowest BCUT2D eigenvalue weighted by Gasteiger charge is -2.08. The van der Waals surface area contributed by atoms with Crippen LogP contribution in [-0.4, -0.2) is 20.5 Å². The molecule has 2 aromatic carbocycles. The Bertz CT molecular complexity index is 905. The molecule has 0 atom stereocenters. The molecule has 1 heterocycles. The molecule has 0 aliphatic rings. The number of methoxy groups -OCH3 is 1. The number of nitrogens with one attached hydrogen (secondary N) is 1. The van der Waals surface area contributed by atoms with Crippen LogP contribution >= 0.6 is 11.3 Å². The number of sulfonamides is 1. The summed E-state index contributed by atoms with van der Waals surface area (Å²) in [6, 6.07) is 14.0. The average Bonchev–Trinajstić information content (AvgIpc) is 3.15. The minimum Gasteiger partial charge on any atom is -0.497 e. The van der Waals surface area contributed by atoms with Crippen molar-refractivity contribution in [2.45, 2.75) is 11.4 Å². The molecule has 0 fully saturated rings. The fraction of sp³-hybridized carbons (Fsp3) is 0.118. The molecule has 0 aliphatic heterocycles. The van der Waals surface area contributed by atoms with Crippen LogP contribution in [0.25, 0.3) is 10.6 Å². The zero-order valence-corrected chi connectivity index (χ0v) is 14.6. The van der Waals surface area contributed by atoms with Crippen LogP contribution < -0.4 is 9.46 Å². The Morgan fingerprint density at radius 3 is 2.62 bits per heavy atom. The van der Waals surface area contributed by atoms with Crippen molar-refractivity contribution in [3.8, 4) is 16.3 Å². The molecule has 0 unspecified atom stereocenters. The van der Waals surface area contributed by atoms with E-state index >= 15 is 0 Å². The molecule has 0 spiro atoms. The van der Waals surface area contributed by atoms with E-state index in [9.17, 15) is 8.42 Å². The Morgan fingerprint density at radius 2 is 1.96 bits per heavy atom. The summed E-state index contributed by atoms with van der Waals surface area (Å²) in [5.74, 6) is 0.616. The highest BCUT2D eigenvalue weighted by molar-refractivity contribution is 7.89. The minimum atomic E-state index is -3.57. The van der Waals surface area contributed by atoms with Crippen molar-refractivity contribution in [1.82, 2.24) is 9.71 Å². The van der Waals surface area contributed by atoms with E-state index in [1.165, 1.54) is 19.2 Å².